The van der Waals surface area contributed by atoms with Crippen molar-refractivity contribution >= 4 is 17.0 Å². The van der Waals surface area contributed by atoms with Crippen molar-refractivity contribution in [2.75, 3.05) is 26.2 Å². The summed E-state index contributed by atoms with van der Waals surface area (Å²) in [6.45, 7) is 8.54. The van der Waals surface area contributed by atoms with E-state index in [1.807, 2.05) is 25.7 Å². The van der Waals surface area contributed by atoms with Crippen LogP contribution in [-0.2, 0) is 4.74 Å². The molecule has 3 fully saturated rings. The largest absolute Gasteiger partial charge is 0.444 e. The zero-order valence-corrected chi connectivity index (χ0v) is 18.9. The number of ether oxygens (including phenoxy) is 1. The van der Waals surface area contributed by atoms with Crippen LogP contribution >= 0.6 is 0 Å². The Morgan fingerprint density at radius 2 is 2.06 bits per heavy atom. The van der Waals surface area contributed by atoms with Crippen LogP contribution in [0, 0.1) is 5.92 Å². The van der Waals surface area contributed by atoms with Gasteiger partial charge in [0.25, 0.3) is 0 Å². The van der Waals surface area contributed by atoms with Crippen LogP contribution in [0.4, 0.5) is 4.79 Å². The van der Waals surface area contributed by atoms with Crippen molar-refractivity contribution in [2.45, 2.75) is 70.1 Å². The molecule has 1 unspecified atom stereocenters. The molecule has 1 aliphatic heterocycles. The van der Waals surface area contributed by atoms with Gasteiger partial charge in [-0.2, -0.15) is 5.10 Å². The Bertz CT molecular complexity index is 968. The highest BCUT2D eigenvalue weighted by molar-refractivity contribution is 5.84. The van der Waals surface area contributed by atoms with Gasteiger partial charge in [-0.15, -0.1) is 0 Å². The van der Waals surface area contributed by atoms with E-state index >= 15 is 0 Å². The third kappa shape index (κ3) is 4.17. The first-order chi connectivity index (χ1) is 14.8. The van der Waals surface area contributed by atoms with E-state index in [2.05, 4.69) is 28.2 Å². The summed E-state index contributed by atoms with van der Waals surface area (Å²) in [5.41, 5.74) is 9.10. The number of rotatable bonds is 4. The number of fused-ring (bicyclic) bond motifs is 1. The fraction of sp³-hybridized carbons (Fsp3) is 0.667. The first-order valence-corrected chi connectivity index (χ1v) is 11.8. The summed E-state index contributed by atoms with van der Waals surface area (Å²) in [7, 11) is 0. The number of nitrogens with one attached hydrogen (secondary N) is 1. The molecule has 31 heavy (non-hydrogen) atoms. The summed E-state index contributed by atoms with van der Waals surface area (Å²) in [5.74, 6) is 1.25. The number of benzene rings is 1. The van der Waals surface area contributed by atoms with E-state index in [-0.39, 0.29) is 12.1 Å². The first-order valence-electron chi connectivity index (χ1n) is 11.8. The first kappa shape index (κ1) is 20.8. The Balaban J connectivity index is 1.40. The van der Waals surface area contributed by atoms with Crippen LogP contribution in [0.3, 0.4) is 0 Å². The molecule has 3 aliphatic rings. The summed E-state index contributed by atoms with van der Waals surface area (Å²) in [5, 5.41) is 9.96. The van der Waals surface area contributed by atoms with E-state index in [4.69, 9.17) is 15.6 Å². The number of piperazine rings is 1. The predicted octanol–water partition coefficient (Wildman–Crippen LogP) is 3.70. The monoisotopic (exact) mass is 425 g/mol. The Kier molecular flexibility index (Phi) is 5.21. The van der Waals surface area contributed by atoms with Gasteiger partial charge in [-0.25, -0.2) is 4.79 Å². The van der Waals surface area contributed by atoms with E-state index in [1.165, 1.54) is 35.0 Å². The average Bonchev–Trinajstić information content (AvgIpc) is 3.48. The van der Waals surface area contributed by atoms with E-state index in [0.717, 1.165) is 25.9 Å². The smallest absolute Gasteiger partial charge is 0.410 e. The lowest BCUT2D eigenvalue weighted by Crippen LogP contribution is -2.49. The highest BCUT2D eigenvalue weighted by Crippen LogP contribution is 2.45. The number of hydrogen-bond donors (Lipinski definition) is 2. The number of carbonyl (C=O) groups excluding carboxylic acids is 1. The van der Waals surface area contributed by atoms with Crippen LogP contribution in [0.15, 0.2) is 18.2 Å². The molecule has 1 saturated heterocycles. The van der Waals surface area contributed by atoms with Crippen molar-refractivity contribution in [2.24, 2.45) is 11.7 Å². The topological polar surface area (TPSA) is 85.4 Å². The molecule has 2 heterocycles. The molecule has 0 bridgehead atoms. The lowest BCUT2D eigenvalue weighted by atomic mass is 9.80. The summed E-state index contributed by atoms with van der Waals surface area (Å²) < 4.78 is 7.87. The molecule has 0 spiro atoms. The number of nitrogens with zero attached hydrogens (tertiary/aromatic N) is 3. The minimum atomic E-state index is -0.480. The van der Waals surface area contributed by atoms with Crippen LogP contribution in [0.2, 0.25) is 0 Å². The second-order valence-corrected chi connectivity index (χ2v) is 10.5. The lowest BCUT2D eigenvalue weighted by Gasteiger charge is -2.36. The van der Waals surface area contributed by atoms with Gasteiger partial charge in [0.1, 0.15) is 5.60 Å². The molecule has 168 valence electrons. The molecule has 5 rings (SSSR count). The minimum absolute atomic E-state index is 0.0941. The molecule has 7 heteroatoms. The molecule has 7 nitrogen and oxygen atoms in total. The van der Waals surface area contributed by atoms with Gasteiger partial charge in [-0.05, 0) is 70.5 Å². The lowest BCUT2D eigenvalue weighted by molar-refractivity contribution is 0.0195. The molecule has 1 atom stereocenters. The maximum atomic E-state index is 12.6. The van der Waals surface area contributed by atoms with Gasteiger partial charge in [0.15, 0.2) is 0 Å². The zero-order chi connectivity index (χ0) is 21.8. The number of amides is 1. The standard InChI is InChI=1S/C24H35N5O2/c1-24(2,3)31-23(30)28-9-8-26-20(14-28)17-6-7-19-21(12-17)29(18-10-15(11-18)13-25)27-22(19)16-4-5-16/h6-7,12,15-16,18,20,26H,4-5,8-11,13-14,25H2,1-3H3. The summed E-state index contributed by atoms with van der Waals surface area (Å²) in [6.07, 6.45) is 4.51. The molecule has 1 aromatic carbocycles. The zero-order valence-electron chi connectivity index (χ0n) is 18.9. The van der Waals surface area contributed by atoms with Crippen LogP contribution in [-0.4, -0.2) is 52.6 Å². The highest BCUT2D eigenvalue weighted by atomic mass is 16.6. The van der Waals surface area contributed by atoms with Gasteiger partial charge in [-0.1, -0.05) is 12.1 Å². The van der Waals surface area contributed by atoms with E-state index < -0.39 is 5.60 Å². The maximum absolute atomic E-state index is 12.6. The van der Waals surface area contributed by atoms with Crippen molar-refractivity contribution in [1.82, 2.24) is 20.0 Å². The second kappa shape index (κ2) is 7.78. The van der Waals surface area contributed by atoms with Crippen LogP contribution < -0.4 is 11.1 Å². The Labute approximate surface area is 184 Å². The van der Waals surface area contributed by atoms with Crippen molar-refractivity contribution in [1.29, 1.82) is 0 Å². The van der Waals surface area contributed by atoms with E-state index in [9.17, 15) is 4.79 Å². The van der Waals surface area contributed by atoms with Gasteiger partial charge in [0, 0.05) is 30.9 Å². The van der Waals surface area contributed by atoms with E-state index in [1.54, 1.807) is 0 Å². The van der Waals surface area contributed by atoms with Gasteiger partial charge in [-0.3, -0.25) is 4.68 Å². The number of carbonyl (C=O) groups is 1. The molecule has 2 saturated carbocycles. The number of aromatic nitrogens is 2. The van der Waals surface area contributed by atoms with Gasteiger partial charge < -0.3 is 20.7 Å². The molecule has 3 N–H and O–H groups in total. The Morgan fingerprint density at radius 3 is 2.74 bits per heavy atom. The number of nitrogens with two attached hydrogens (primary N) is 1. The van der Waals surface area contributed by atoms with Gasteiger partial charge in [0.05, 0.1) is 23.3 Å². The summed E-state index contributed by atoms with van der Waals surface area (Å²) in [6, 6.07) is 7.29. The van der Waals surface area contributed by atoms with Crippen LogP contribution in [0.1, 0.15) is 75.7 Å². The van der Waals surface area contributed by atoms with Gasteiger partial charge >= 0.3 is 6.09 Å². The maximum Gasteiger partial charge on any atom is 0.410 e. The van der Waals surface area contributed by atoms with Crippen molar-refractivity contribution in [3.05, 3.63) is 29.5 Å². The SMILES string of the molecule is CC(C)(C)OC(=O)N1CCNC(c2ccc3c(C4CC4)nn(C4CC(CN)C4)c3c2)C1. The van der Waals surface area contributed by atoms with Crippen LogP contribution in [0.5, 0.6) is 0 Å². The molecular formula is C24H35N5O2. The van der Waals surface area contributed by atoms with Crippen molar-refractivity contribution < 1.29 is 9.53 Å². The molecule has 0 radical (unpaired) electrons. The fourth-order valence-electron chi connectivity index (χ4n) is 4.89. The quantitative estimate of drug-likeness (QED) is 0.780. The number of hydrogen-bond acceptors (Lipinski definition) is 5. The molecule has 2 aliphatic carbocycles. The molecule has 1 aromatic heterocycles. The normalized spacial score (nSPS) is 26.7. The molecular weight excluding hydrogens is 390 g/mol. The van der Waals surface area contributed by atoms with Crippen molar-refractivity contribution in [3.8, 4) is 0 Å². The second-order valence-electron chi connectivity index (χ2n) is 10.5. The summed E-state index contributed by atoms with van der Waals surface area (Å²) in [4.78, 5) is 14.4. The van der Waals surface area contributed by atoms with Gasteiger partial charge in [0.2, 0.25) is 0 Å². The highest BCUT2D eigenvalue weighted by Gasteiger charge is 2.35. The molecule has 2 aromatic rings. The average molecular weight is 426 g/mol. The fourth-order valence-corrected chi connectivity index (χ4v) is 4.89. The van der Waals surface area contributed by atoms with Crippen LogP contribution in [0.25, 0.3) is 10.9 Å². The Morgan fingerprint density at radius 1 is 1.29 bits per heavy atom. The molecule has 1 amide bonds. The van der Waals surface area contributed by atoms with Crippen molar-refractivity contribution in [3.63, 3.8) is 0 Å². The third-order valence-corrected chi connectivity index (χ3v) is 6.84. The minimum Gasteiger partial charge on any atom is -0.444 e. The summed E-state index contributed by atoms with van der Waals surface area (Å²) >= 11 is 0. The third-order valence-electron chi connectivity index (χ3n) is 6.84. The predicted molar refractivity (Wildman–Crippen MR) is 121 cm³/mol. The van der Waals surface area contributed by atoms with E-state index in [0.29, 0.717) is 31.0 Å². The Hall–Kier alpha value is -2.12.